The largest absolute Gasteiger partial charge is 0.496 e. The van der Waals surface area contributed by atoms with Gasteiger partial charge in [0, 0.05) is 18.0 Å². The second-order valence-electron chi connectivity index (χ2n) is 4.90. The number of pyridine rings is 1. The van der Waals surface area contributed by atoms with Crippen molar-refractivity contribution < 1.29 is 9.53 Å². The molecule has 0 saturated heterocycles. The number of para-hydroxylation sites is 1. The van der Waals surface area contributed by atoms with Crippen LogP contribution < -0.4 is 10.1 Å². The molecular formula is C18H16N2O2. The molecule has 1 N–H and O–H groups in total. The third kappa shape index (κ3) is 2.91. The molecule has 0 fully saturated rings. The van der Waals surface area contributed by atoms with E-state index in [-0.39, 0.29) is 5.91 Å². The number of carbonyl (C=O) groups excluding carboxylic acids is 1. The first-order valence-electron chi connectivity index (χ1n) is 7.04. The molecule has 22 heavy (non-hydrogen) atoms. The molecule has 0 radical (unpaired) electrons. The summed E-state index contributed by atoms with van der Waals surface area (Å²) >= 11 is 0. The highest BCUT2D eigenvalue weighted by Gasteiger charge is 2.12. The van der Waals surface area contributed by atoms with Crippen LogP contribution in [0.2, 0.25) is 0 Å². The van der Waals surface area contributed by atoms with Gasteiger partial charge in [0.15, 0.2) is 0 Å². The van der Waals surface area contributed by atoms with Gasteiger partial charge in [0.25, 0.3) is 5.91 Å². The number of nitrogens with one attached hydrogen (secondary N) is 1. The van der Waals surface area contributed by atoms with Crippen molar-refractivity contribution in [3.63, 3.8) is 0 Å². The Morgan fingerprint density at radius 2 is 1.82 bits per heavy atom. The predicted octanol–water partition coefficient (Wildman–Crippen LogP) is 3.17. The first-order chi connectivity index (χ1) is 10.8. The molecule has 4 nitrogen and oxygen atoms in total. The van der Waals surface area contributed by atoms with Gasteiger partial charge >= 0.3 is 0 Å². The van der Waals surface area contributed by atoms with Crippen LogP contribution in [0, 0.1) is 0 Å². The number of ether oxygens (including phenoxy) is 1. The highest BCUT2D eigenvalue weighted by atomic mass is 16.5. The van der Waals surface area contributed by atoms with Crippen LogP contribution in [0.3, 0.4) is 0 Å². The number of nitrogens with zero attached hydrogens (tertiary/aromatic N) is 1. The topological polar surface area (TPSA) is 51.2 Å². The summed E-state index contributed by atoms with van der Waals surface area (Å²) in [4.78, 5) is 16.7. The van der Waals surface area contributed by atoms with E-state index in [1.54, 1.807) is 13.2 Å². The van der Waals surface area contributed by atoms with Gasteiger partial charge in [0.05, 0.1) is 12.6 Å². The molecule has 4 heteroatoms. The van der Waals surface area contributed by atoms with Crippen LogP contribution in [0.1, 0.15) is 16.1 Å². The average Bonchev–Trinajstić information content (AvgIpc) is 2.59. The summed E-state index contributed by atoms with van der Waals surface area (Å²) in [6, 6.07) is 19.0. The number of hydrogen-bond acceptors (Lipinski definition) is 3. The third-order valence-electron chi connectivity index (χ3n) is 3.43. The monoisotopic (exact) mass is 292 g/mol. The second-order valence-corrected chi connectivity index (χ2v) is 4.90. The maximum Gasteiger partial charge on any atom is 0.270 e. The Labute approximate surface area is 128 Å². The van der Waals surface area contributed by atoms with Crippen LogP contribution in [0.4, 0.5) is 0 Å². The van der Waals surface area contributed by atoms with Crippen molar-refractivity contribution in [3.8, 4) is 5.75 Å². The van der Waals surface area contributed by atoms with Gasteiger partial charge in [-0.05, 0) is 17.7 Å². The van der Waals surface area contributed by atoms with Gasteiger partial charge in [-0.1, -0.05) is 42.5 Å². The van der Waals surface area contributed by atoms with Crippen molar-refractivity contribution >= 4 is 16.8 Å². The van der Waals surface area contributed by atoms with Crippen LogP contribution >= 0.6 is 0 Å². The summed E-state index contributed by atoms with van der Waals surface area (Å²) in [6.07, 6.45) is 0. The number of carbonyl (C=O) groups is 1. The molecular weight excluding hydrogens is 276 g/mol. The Kier molecular flexibility index (Phi) is 4.01. The zero-order valence-corrected chi connectivity index (χ0v) is 12.2. The van der Waals surface area contributed by atoms with Gasteiger partial charge in [-0.25, -0.2) is 4.98 Å². The molecule has 3 rings (SSSR count). The Balaban J connectivity index is 1.84. The molecule has 0 unspecified atom stereocenters. The first-order valence-corrected chi connectivity index (χ1v) is 7.04. The fourth-order valence-electron chi connectivity index (χ4n) is 2.30. The molecule has 0 aliphatic heterocycles. The summed E-state index contributed by atoms with van der Waals surface area (Å²) in [7, 11) is 1.59. The normalized spacial score (nSPS) is 10.4. The van der Waals surface area contributed by atoms with E-state index in [2.05, 4.69) is 10.3 Å². The molecule has 0 atom stereocenters. The predicted molar refractivity (Wildman–Crippen MR) is 85.9 cm³/mol. The molecule has 2 aromatic carbocycles. The zero-order valence-electron chi connectivity index (χ0n) is 12.2. The fraction of sp³-hybridized carbons (Fsp3) is 0.111. The van der Waals surface area contributed by atoms with Crippen LogP contribution in [-0.2, 0) is 6.54 Å². The number of benzene rings is 2. The SMILES string of the molecule is COc1cc(C(=O)NCc2ccccc2)nc2ccccc12. The van der Waals surface area contributed by atoms with Gasteiger partial charge in [-0.15, -0.1) is 0 Å². The lowest BCUT2D eigenvalue weighted by atomic mass is 10.1. The highest BCUT2D eigenvalue weighted by Crippen LogP contribution is 2.24. The molecule has 0 aliphatic rings. The maximum atomic E-state index is 12.3. The van der Waals surface area contributed by atoms with E-state index in [0.717, 1.165) is 16.5 Å². The lowest BCUT2D eigenvalue weighted by Gasteiger charge is -2.09. The van der Waals surface area contributed by atoms with Crippen molar-refractivity contribution in [1.29, 1.82) is 0 Å². The minimum Gasteiger partial charge on any atom is -0.496 e. The number of hydrogen-bond donors (Lipinski definition) is 1. The molecule has 0 bridgehead atoms. The number of methoxy groups -OCH3 is 1. The Morgan fingerprint density at radius 3 is 2.59 bits per heavy atom. The van der Waals surface area contributed by atoms with E-state index in [0.29, 0.717) is 18.0 Å². The standard InChI is InChI=1S/C18H16N2O2/c1-22-17-11-16(20-15-10-6-5-9-14(15)17)18(21)19-12-13-7-3-2-4-8-13/h2-11H,12H2,1H3,(H,19,21). The average molecular weight is 292 g/mol. The smallest absolute Gasteiger partial charge is 0.270 e. The lowest BCUT2D eigenvalue weighted by Crippen LogP contribution is -2.23. The highest BCUT2D eigenvalue weighted by molar-refractivity contribution is 5.96. The summed E-state index contributed by atoms with van der Waals surface area (Å²) in [5, 5.41) is 3.77. The Bertz CT molecular complexity index is 801. The summed E-state index contributed by atoms with van der Waals surface area (Å²) in [5.74, 6) is 0.434. The van der Waals surface area contributed by atoms with Crippen LogP contribution in [-0.4, -0.2) is 18.0 Å². The molecule has 1 heterocycles. The molecule has 0 saturated carbocycles. The summed E-state index contributed by atoms with van der Waals surface area (Å²) in [6.45, 7) is 0.469. The first kappa shape index (κ1) is 14.1. The van der Waals surface area contributed by atoms with E-state index in [1.807, 2.05) is 54.6 Å². The molecule has 3 aromatic rings. The van der Waals surface area contributed by atoms with E-state index >= 15 is 0 Å². The van der Waals surface area contributed by atoms with Crippen molar-refractivity contribution in [2.24, 2.45) is 0 Å². The molecule has 0 aliphatic carbocycles. The Hall–Kier alpha value is -2.88. The number of amides is 1. The number of rotatable bonds is 4. The molecule has 0 spiro atoms. The van der Waals surface area contributed by atoms with Crippen LogP contribution in [0.5, 0.6) is 5.75 Å². The Morgan fingerprint density at radius 1 is 1.09 bits per heavy atom. The van der Waals surface area contributed by atoms with E-state index < -0.39 is 0 Å². The van der Waals surface area contributed by atoms with Crippen molar-refractivity contribution in [3.05, 3.63) is 71.9 Å². The fourth-order valence-corrected chi connectivity index (χ4v) is 2.30. The molecule has 1 amide bonds. The molecule has 110 valence electrons. The van der Waals surface area contributed by atoms with Crippen LogP contribution in [0.15, 0.2) is 60.7 Å². The van der Waals surface area contributed by atoms with Crippen molar-refractivity contribution in [2.75, 3.05) is 7.11 Å². The van der Waals surface area contributed by atoms with Gasteiger partial charge in [0.1, 0.15) is 11.4 Å². The second kappa shape index (κ2) is 6.26. The summed E-state index contributed by atoms with van der Waals surface area (Å²) < 4.78 is 5.36. The minimum absolute atomic E-state index is 0.215. The van der Waals surface area contributed by atoms with Gasteiger partial charge in [-0.2, -0.15) is 0 Å². The van der Waals surface area contributed by atoms with Gasteiger partial charge in [-0.3, -0.25) is 4.79 Å². The van der Waals surface area contributed by atoms with Crippen molar-refractivity contribution in [2.45, 2.75) is 6.54 Å². The third-order valence-corrected chi connectivity index (χ3v) is 3.43. The number of aromatic nitrogens is 1. The van der Waals surface area contributed by atoms with Crippen molar-refractivity contribution in [1.82, 2.24) is 10.3 Å². The van der Waals surface area contributed by atoms with E-state index in [4.69, 9.17) is 4.74 Å². The van der Waals surface area contributed by atoms with E-state index in [1.165, 1.54) is 0 Å². The molecule has 1 aromatic heterocycles. The van der Waals surface area contributed by atoms with Gasteiger partial charge < -0.3 is 10.1 Å². The van der Waals surface area contributed by atoms with Crippen LogP contribution in [0.25, 0.3) is 10.9 Å². The summed E-state index contributed by atoms with van der Waals surface area (Å²) in [5.41, 5.74) is 2.14. The number of fused-ring (bicyclic) bond motifs is 1. The maximum absolute atomic E-state index is 12.3. The van der Waals surface area contributed by atoms with E-state index in [9.17, 15) is 4.79 Å². The zero-order chi connectivity index (χ0) is 15.4. The minimum atomic E-state index is -0.215. The van der Waals surface area contributed by atoms with Gasteiger partial charge in [0.2, 0.25) is 0 Å². The lowest BCUT2D eigenvalue weighted by molar-refractivity contribution is 0.0946. The quantitative estimate of drug-likeness (QED) is 0.803.